The number of ketones is 2. The second-order valence-electron chi connectivity index (χ2n) is 8.97. The molecule has 1 aliphatic carbocycles. The van der Waals surface area contributed by atoms with E-state index in [9.17, 15) is 9.59 Å². The van der Waals surface area contributed by atoms with Gasteiger partial charge in [0.05, 0.1) is 11.3 Å². The lowest BCUT2D eigenvalue weighted by Crippen LogP contribution is -2.38. The number of hydrogen-bond acceptors (Lipinski definition) is 3. The molecule has 2 fully saturated rings. The van der Waals surface area contributed by atoms with Crippen LogP contribution in [0.3, 0.4) is 0 Å². The summed E-state index contributed by atoms with van der Waals surface area (Å²) in [4.78, 5) is 28.6. The molecular weight excluding hydrogens is 346 g/mol. The Kier molecular flexibility index (Phi) is 6.53. The number of Topliss-reactive ketones (excluding diaryl/α,β-unsaturated/α-hetero) is 2. The lowest BCUT2D eigenvalue weighted by atomic mass is 9.73. The highest BCUT2D eigenvalue weighted by Crippen LogP contribution is 2.38. The van der Waals surface area contributed by atoms with Crippen molar-refractivity contribution < 1.29 is 9.59 Å². The van der Waals surface area contributed by atoms with Crippen molar-refractivity contribution in [3.8, 4) is 0 Å². The van der Waals surface area contributed by atoms with E-state index >= 15 is 0 Å². The zero-order valence-electron chi connectivity index (χ0n) is 17.6. The molecule has 3 heteroatoms. The topological polar surface area (TPSA) is 37.4 Å². The second-order valence-corrected chi connectivity index (χ2v) is 8.97. The maximum Gasteiger partial charge on any atom is 0.169 e. The molecule has 0 radical (unpaired) electrons. The van der Waals surface area contributed by atoms with E-state index in [2.05, 4.69) is 30.0 Å². The fourth-order valence-corrected chi connectivity index (χ4v) is 4.45. The second kappa shape index (κ2) is 8.89. The van der Waals surface area contributed by atoms with Crippen LogP contribution in [0, 0.1) is 5.41 Å². The van der Waals surface area contributed by atoms with Gasteiger partial charge >= 0.3 is 0 Å². The molecule has 1 saturated carbocycles. The molecule has 3 nitrogen and oxygen atoms in total. The molecule has 1 aliphatic heterocycles. The Labute approximate surface area is 169 Å². The monoisotopic (exact) mass is 379 g/mol. The number of rotatable bonds is 5. The molecule has 3 rings (SSSR count). The van der Waals surface area contributed by atoms with Crippen molar-refractivity contribution in [3.05, 3.63) is 52.7 Å². The predicted molar refractivity (Wildman–Crippen MR) is 115 cm³/mol. The van der Waals surface area contributed by atoms with Crippen molar-refractivity contribution >= 4 is 17.6 Å². The van der Waals surface area contributed by atoms with Crippen molar-refractivity contribution in [2.24, 2.45) is 5.41 Å². The summed E-state index contributed by atoms with van der Waals surface area (Å²) in [5, 5.41) is 0. The standard InChI is InChI=1S/C25H33NO2/c1-4-11-20(16-19-12-7-5-8-13-19)24(26-14-9-6-10-15-26)23-21(27)17-25(2,3)18-22(23)28/h5,7-8,12-13,16H,4,6,9-11,14-15,17-18H2,1-3H3/b20-16-. The number of carbonyl (C=O) groups excluding carboxylic acids is 2. The molecule has 1 heterocycles. The van der Waals surface area contributed by atoms with Gasteiger partial charge in [0, 0.05) is 25.9 Å². The molecule has 0 N–H and O–H groups in total. The Bertz CT molecular complexity index is 758. The maximum atomic E-state index is 13.1. The van der Waals surface area contributed by atoms with Gasteiger partial charge in [-0.25, -0.2) is 0 Å². The normalized spacial score (nSPS) is 20.5. The maximum absolute atomic E-state index is 13.1. The van der Waals surface area contributed by atoms with Crippen molar-refractivity contribution in [2.45, 2.75) is 65.7 Å². The van der Waals surface area contributed by atoms with Crippen LogP contribution in [-0.2, 0) is 9.59 Å². The number of carbonyl (C=O) groups is 2. The van der Waals surface area contributed by atoms with Crippen molar-refractivity contribution in [2.75, 3.05) is 13.1 Å². The first-order valence-electron chi connectivity index (χ1n) is 10.7. The molecule has 1 saturated heterocycles. The van der Waals surface area contributed by atoms with Crippen LogP contribution < -0.4 is 0 Å². The van der Waals surface area contributed by atoms with E-state index < -0.39 is 0 Å². The molecule has 1 aromatic carbocycles. The molecular formula is C25H33NO2. The minimum Gasteiger partial charge on any atom is -0.371 e. The van der Waals surface area contributed by atoms with Gasteiger partial charge < -0.3 is 4.90 Å². The zero-order chi connectivity index (χ0) is 20.1. The summed E-state index contributed by atoms with van der Waals surface area (Å²) in [5.74, 6) is 0.0498. The fraction of sp³-hybridized carbons (Fsp3) is 0.520. The van der Waals surface area contributed by atoms with Gasteiger partial charge in [-0.15, -0.1) is 0 Å². The average molecular weight is 380 g/mol. The van der Waals surface area contributed by atoms with Gasteiger partial charge in [-0.1, -0.05) is 57.5 Å². The van der Waals surface area contributed by atoms with Gasteiger partial charge in [-0.3, -0.25) is 9.59 Å². The van der Waals surface area contributed by atoms with E-state index in [4.69, 9.17) is 0 Å². The van der Waals surface area contributed by atoms with Crippen LogP contribution in [0.15, 0.2) is 47.2 Å². The Hall–Kier alpha value is -2.16. The number of allylic oxidation sites excluding steroid dienone is 2. The molecule has 0 spiro atoms. The summed E-state index contributed by atoms with van der Waals surface area (Å²) in [6, 6.07) is 10.2. The van der Waals surface area contributed by atoms with Gasteiger partial charge in [-0.05, 0) is 48.3 Å². The lowest BCUT2D eigenvalue weighted by molar-refractivity contribution is -0.127. The number of nitrogens with zero attached hydrogens (tertiary/aromatic N) is 1. The Morgan fingerprint density at radius 2 is 1.61 bits per heavy atom. The summed E-state index contributed by atoms with van der Waals surface area (Å²) in [7, 11) is 0. The Morgan fingerprint density at radius 3 is 2.18 bits per heavy atom. The van der Waals surface area contributed by atoms with E-state index in [0.717, 1.165) is 55.6 Å². The number of likely N-dealkylation sites (tertiary alicyclic amines) is 1. The van der Waals surface area contributed by atoms with Crippen molar-refractivity contribution in [3.63, 3.8) is 0 Å². The quantitative estimate of drug-likeness (QED) is 0.496. The molecule has 0 amide bonds. The van der Waals surface area contributed by atoms with Crippen molar-refractivity contribution in [1.29, 1.82) is 0 Å². The smallest absolute Gasteiger partial charge is 0.169 e. The third kappa shape index (κ3) is 4.81. The van der Waals surface area contributed by atoms with E-state index in [0.29, 0.717) is 18.4 Å². The molecule has 28 heavy (non-hydrogen) atoms. The van der Waals surface area contributed by atoms with Crippen LogP contribution in [0.2, 0.25) is 0 Å². The van der Waals surface area contributed by atoms with Gasteiger partial charge in [-0.2, -0.15) is 0 Å². The van der Waals surface area contributed by atoms with E-state index in [1.54, 1.807) is 0 Å². The van der Waals surface area contributed by atoms with E-state index in [1.165, 1.54) is 6.42 Å². The number of piperidine rings is 1. The SMILES string of the molecule is CCC/C(=C/c1ccccc1)C(=C1C(=O)CC(C)(C)CC1=O)N1CCCCC1. The fourth-order valence-electron chi connectivity index (χ4n) is 4.45. The summed E-state index contributed by atoms with van der Waals surface area (Å²) in [6.07, 6.45) is 8.41. The molecule has 0 unspecified atom stereocenters. The number of benzene rings is 1. The van der Waals surface area contributed by atoms with Gasteiger partial charge in [0.15, 0.2) is 11.6 Å². The van der Waals surface area contributed by atoms with Crippen LogP contribution in [0.5, 0.6) is 0 Å². The van der Waals surface area contributed by atoms with E-state index in [-0.39, 0.29) is 17.0 Å². The molecule has 0 atom stereocenters. The Morgan fingerprint density at radius 1 is 1.00 bits per heavy atom. The number of hydrogen-bond donors (Lipinski definition) is 0. The highest BCUT2D eigenvalue weighted by atomic mass is 16.2. The van der Waals surface area contributed by atoms with Gasteiger partial charge in [0.25, 0.3) is 0 Å². The summed E-state index contributed by atoms with van der Waals surface area (Å²) >= 11 is 0. The lowest BCUT2D eigenvalue weighted by Gasteiger charge is -2.36. The minimum atomic E-state index is -0.237. The highest BCUT2D eigenvalue weighted by molar-refractivity contribution is 6.23. The first-order chi connectivity index (χ1) is 13.4. The van der Waals surface area contributed by atoms with Crippen LogP contribution in [0.1, 0.15) is 71.3 Å². The third-order valence-electron chi connectivity index (χ3n) is 5.71. The van der Waals surface area contributed by atoms with Crippen molar-refractivity contribution in [1.82, 2.24) is 4.90 Å². The zero-order valence-corrected chi connectivity index (χ0v) is 17.6. The van der Waals surface area contributed by atoms with Crippen LogP contribution in [0.25, 0.3) is 6.08 Å². The summed E-state index contributed by atoms with van der Waals surface area (Å²) < 4.78 is 0. The minimum absolute atomic E-state index is 0.0249. The largest absolute Gasteiger partial charge is 0.371 e. The first-order valence-corrected chi connectivity index (χ1v) is 10.7. The Balaban J connectivity index is 2.13. The summed E-state index contributed by atoms with van der Waals surface area (Å²) in [5.41, 5.74) is 3.41. The van der Waals surface area contributed by atoms with Gasteiger partial charge in [0.2, 0.25) is 0 Å². The highest BCUT2D eigenvalue weighted by Gasteiger charge is 2.39. The molecule has 2 aliphatic rings. The van der Waals surface area contributed by atoms with E-state index in [1.807, 2.05) is 32.0 Å². The van der Waals surface area contributed by atoms with Crippen LogP contribution in [-0.4, -0.2) is 29.6 Å². The third-order valence-corrected chi connectivity index (χ3v) is 5.71. The molecule has 0 aromatic heterocycles. The van der Waals surface area contributed by atoms with Gasteiger partial charge in [0.1, 0.15) is 0 Å². The summed E-state index contributed by atoms with van der Waals surface area (Å²) in [6.45, 7) is 8.06. The predicted octanol–water partition coefficient (Wildman–Crippen LogP) is 5.57. The first kappa shape index (κ1) is 20.6. The van der Waals surface area contributed by atoms with Crippen LogP contribution in [0.4, 0.5) is 0 Å². The molecule has 0 bridgehead atoms. The molecule has 150 valence electrons. The average Bonchev–Trinajstić information content (AvgIpc) is 2.65. The van der Waals surface area contributed by atoms with Crippen LogP contribution >= 0.6 is 0 Å². The molecule has 1 aromatic rings.